The maximum Gasteiger partial charge on any atom is 0.0590 e. The topological polar surface area (TPSA) is 35.2 Å². The van der Waals surface area contributed by atoms with E-state index in [-0.39, 0.29) is 0 Å². The molecule has 2 heteroatoms. The molecule has 15 heavy (non-hydrogen) atoms. The molecule has 2 unspecified atom stereocenters. The monoisotopic (exact) mass is 211 g/mol. The van der Waals surface area contributed by atoms with E-state index in [0.29, 0.717) is 12.1 Å². The second kappa shape index (κ2) is 5.31. The molecule has 2 N–H and O–H groups in total. The summed E-state index contributed by atoms with van der Waals surface area (Å²) in [6.07, 6.45) is 9.48. The van der Waals surface area contributed by atoms with E-state index in [1.807, 2.05) is 0 Å². The molecule has 2 atom stereocenters. The van der Waals surface area contributed by atoms with E-state index in [0.717, 1.165) is 24.9 Å². The van der Waals surface area contributed by atoms with Crippen LogP contribution in [-0.2, 0) is 4.74 Å². The van der Waals surface area contributed by atoms with Crippen molar-refractivity contribution < 1.29 is 4.74 Å². The van der Waals surface area contributed by atoms with Crippen LogP contribution in [0, 0.1) is 11.8 Å². The molecule has 88 valence electrons. The molecule has 0 amide bonds. The molecule has 2 aliphatic rings. The van der Waals surface area contributed by atoms with Gasteiger partial charge in [-0.25, -0.2) is 0 Å². The van der Waals surface area contributed by atoms with Crippen LogP contribution in [0.3, 0.4) is 0 Å². The van der Waals surface area contributed by atoms with E-state index in [4.69, 9.17) is 10.5 Å². The van der Waals surface area contributed by atoms with Gasteiger partial charge in [-0.05, 0) is 43.9 Å². The molecular weight excluding hydrogens is 186 g/mol. The maximum absolute atomic E-state index is 6.29. The van der Waals surface area contributed by atoms with Crippen molar-refractivity contribution in [1.82, 2.24) is 0 Å². The highest BCUT2D eigenvalue weighted by Crippen LogP contribution is 2.32. The third-order valence-electron chi connectivity index (χ3n) is 4.23. The van der Waals surface area contributed by atoms with Crippen molar-refractivity contribution in [2.45, 2.75) is 64.0 Å². The fraction of sp³-hybridized carbons (Fsp3) is 1.00. The minimum Gasteiger partial charge on any atom is -0.378 e. The molecule has 1 heterocycles. The number of hydrogen-bond acceptors (Lipinski definition) is 2. The van der Waals surface area contributed by atoms with Crippen molar-refractivity contribution >= 4 is 0 Å². The highest BCUT2D eigenvalue weighted by Gasteiger charge is 2.27. The molecule has 2 fully saturated rings. The van der Waals surface area contributed by atoms with Crippen LogP contribution in [0.2, 0.25) is 0 Å². The summed E-state index contributed by atoms with van der Waals surface area (Å²) in [4.78, 5) is 0. The zero-order valence-electron chi connectivity index (χ0n) is 9.95. The predicted molar refractivity (Wildman–Crippen MR) is 62.7 cm³/mol. The van der Waals surface area contributed by atoms with Gasteiger partial charge in [-0.1, -0.05) is 19.8 Å². The summed E-state index contributed by atoms with van der Waals surface area (Å²) < 4.78 is 5.66. The minimum atomic E-state index is 0.389. The van der Waals surface area contributed by atoms with Gasteiger partial charge >= 0.3 is 0 Å². The van der Waals surface area contributed by atoms with Gasteiger partial charge in [-0.3, -0.25) is 0 Å². The van der Waals surface area contributed by atoms with Crippen LogP contribution in [-0.4, -0.2) is 18.8 Å². The van der Waals surface area contributed by atoms with Gasteiger partial charge in [0.1, 0.15) is 0 Å². The molecule has 0 spiro atoms. The largest absolute Gasteiger partial charge is 0.378 e. The summed E-state index contributed by atoms with van der Waals surface area (Å²) in [5, 5.41) is 0. The first-order chi connectivity index (χ1) is 7.25. The molecule has 0 aromatic heterocycles. The SMILES string of the molecule is CC1CCC(C(N)CC2CCCO2)CC1. The lowest BCUT2D eigenvalue weighted by Crippen LogP contribution is -2.35. The Morgan fingerprint density at radius 2 is 1.93 bits per heavy atom. The van der Waals surface area contributed by atoms with Gasteiger partial charge in [0.25, 0.3) is 0 Å². The lowest BCUT2D eigenvalue weighted by Gasteiger charge is -2.31. The Kier molecular flexibility index (Phi) is 4.04. The quantitative estimate of drug-likeness (QED) is 0.779. The number of hydrogen-bond donors (Lipinski definition) is 1. The van der Waals surface area contributed by atoms with Gasteiger partial charge in [0, 0.05) is 12.6 Å². The van der Waals surface area contributed by atoms with Crippen molar-refractivity contribution in [3.8, 4) is 0 Å². The van der Waals surface area contributed by atoms with Gasteiger partial charge in [0.15, 0.2) is 0 Å². The van der Waals surface area contributed by atoms with E-state index in [2.05, 4.69) is 6.92 Å². The molecule has 1 aliphatic carbocycles. The second-order valence-corrected chi connectivity index (χ2v) is 5.55. The van der Waals surface area contributed by atoms with Crippen LogP contribution in [0.4, 0.5) is 0 Å². The van der Waals surface area contributed by atoms with Crippen LogP contribution in [0.5, 0.6) is 0 Å². The van der Waals surface area contributed by atoms with Crippen LogP contribution in [0.15, 0.2) is 0 Å². The number of rotatable bonds is 3. The molecule has 0 aromatic carbocycles. The van der Waals surface area contributed by atoms with Crippen LogP contribution in [0.25, 0.3) is 0 Å². The molecular formula is C13H25NO. The van der Waals surface area contributed by atoms with Crippen molar-refractivity contribution in [2.75, 3.05) is 6.61 Å². The Morgan fingerprint density at radius 3 is 2.53 bits per heavy atom. The third kappa shape index (κ3) is 3.18. The van der Waals surface area contributed by atoms with Gasteiger partial charge in [-0.15, -0.1) is 0 Å². The first kappa shape index (κ1) is 11.4. The van der Waals surface area contributed by atoms with Crippen LogP contribution in [0.1, 0.15) is 51.9 Å². The van der Waals surface area contributed by atoms with E-state index in [1.54, 1.807) is 0 Å². The van der Waals surface area contributed by atoms with E-state index in [9.17, 15) is 0 Å². The molecule has 1 saturated heterocycles. The Hall–Kier alpha value is -0.0800. The zero-order chi connectivity index (χ0) is 10.7. The highest BCUT2D eigenvalue weighted by molar-refractivity contribution is 4.81. The summed E-state index contributed by atoms with van der Waals surface area (Å²) in [6.45, 7) is 3.32. The average molecular weight is 211 g/mol. The summed E-state index contributed by atoms with van der Waals surface area (Å²) in [5.74, 6) is 1.70. The maximum atomic E-state index is 6.29. The smallest absolute Gasteiger partial charge is 0.0590 e. The van der Waals surface area contributed by atoms with E-state index >= 15 is 0 Å². The summed E-state index contributed by atoms with van der Waals surface area (Å²) in [6, 6.07) is 0.389. The lowest BCUT2D eigenvalue weighted by atomic mass is 9.78. The predicted octanol–water partition coefficient (Wildman–Crippen LogP) is 2.71. The van der Waals surface area contributed by atoms with Gasteiger partial charge < -0.3 is 10.5 Å². The zero-order valence-corrected chi connectivity index (χ0v) is 9.95. The Balaban J connectivity index is 1.72. The fourth-order valence-electron chi connectivity index (χ4n) is 3.04. The first-order valence-corrected chi connectivity index (χ1v) is 6.63. The standard InChI is InChI=1S/C13H25NO/c1-10-4-6-11(7-5-10)13(14)9-12-3-2-8-15-12/h10-13H,2-9,14H2,1H3. The van der Waals surface area contributed by atoms with E-state index < -0.39 is 0 Å². The average Bonchev–Trinajstić information content (AvgIpc) is 2.71. The minimum absolute atomic E-state index is 0.389. The normalized spacial score (nSPS) is 39.2. The van der Waals surface area contributed by atoms with Crippen molar-refractivity contribution in [1.29, 1.82) is 0 Å². The first-order valence-electron chi connectivity index (χ1n) is 6.63. The molecule has 0 bridgehead atoms. The number of ether oxygens (including phenoxy) is 1. The Labute approximate surface area is 93.6 Å². The Morgan fingerprint density at radius 1 is 1.20 bits per heavy atom. The van der Waals surface area contributed by atoms with Crippen molar-refractivity contribution in [2.24, 2.45) is 17.6 Å². The summed E-state index contributed by atoms with van der Waals surface area (Å²) in [7, 11) is 0. The van der Waals surface area contributed by atoms with Gasteiger partial charge in [-0.2, -0.15) is 0 Å². The molecule has 2 nitrogen and oxygen atoms in total. The molecule has 0 radical (unpaired) electrons. The van der Waals surface area contributed by atoms with Crippen molar-refractivity contribution in [3.05, 3.63) is 0 Å². The molecule has 1 saturated carbocycles. The molecule has 2 rings (SSSR count). The third-order valence-corrected chi connectivity index (χ3v) is 4.23. The van der Waals surface area contributed by atoms with E-state index in [1.165, 1.54) is 38.5 Å². The van der Waals surface area contributed by atoms with Crippen molar-refractivity contribution in [3.63, 3.8) is 0 Å². The fourth-order valence-corrected chi connectivity index (χ4v) is 3.04. The Bertz CT molecular complexity index is 181. The summed E-state index contributed by atoms with van der Waals surface area (Å²) >= 11 is 0. The van der Waals surface area contributed by atoms with Gasteiger partial charge in [0.05, 0.1) is 6.10 Å². The molecule has 1 aliphatic heterocycles. The van der Waals surface area contributed by atoms with Gasteiger partial charge in [0.2, 0.25) is 0 Å². The second-order valence-electron chi connectivity index (χ2n) is 5.55. The summed E-state index contributed by atoms with van der Waals surface area (Å²) in [5.41, 5.74) is 6.29. The lowest BCUT2D eigenvalue weighted by molar-refractivity contribution is 0.0875. The number of nitrogens with two attached hydrogens (primary N) is 1. The van der Waals surface area contributed by atoms with Crippen LogP contribution < -0.4 is 5.73 Å². The highest BCUT2D eigenvalue weighted by atomic mass is 16.5. The van der Waals surface area contributed by atoms with Crippen LogP contribution >= 0.6 is 0 Å². The molecule has 0 aromatic rings.